The number of rotatable bonds is 3. The van der Waals surface area contributed by atoms with Gasteiger partial charge < -0.3 is 14.6 Å². The van der Waals surface area contributed by atoms with Crippen LogP contribution in [0.25, 0.3) is 0 Å². The molecule has 0 atom stereocenters. The van der Waals surface area contributed by atoms with Crippen molar-refractivity contribution in [3.63, 3.8) is 0 Å². The molecule has 0 aromatic carbocycles. The Morgan fingerprint density at radius 3 is 2.88 bits per heavy atom. The smallest absolute Gasteiger partial charge is 0.0846 e. The lowest BCUT2D eigenvalue weighted by Crippen LogP contribution is -2.18. The zero-order valence-corrected chi connectivity index (χ0v) is 4.59. The number of carbonyl (C=O) groups excluding carboxylic acids is 1. The molecule has 0 aliphatic heterocycles. The molecule has 0 aromatic rings. The Kier molecular flexibility index (Phi) is 3.66. The van der Waals surface area contributed by atoms with Crippen molar-refractivity contribution in [2.75, 3.05) is 6.61 Å². The SMILES string of the molecule is CCO/C=C\C(=O)[O-]. The monoisotopic (exact) mass is 115 g/mol. The topological polar surface area (TPSA) is 49.4 Å². The van der Waals surface area contributed by atoms with E-state index in [4.69, 9.17) is 0 Å². The lowest BCUT2D eigenvalue weighted by molar-refractivity contribution is -0.297. The lowest BCUT2D eigenvalue weighted by Gasteiger charge is -1.91. The predicted molar refractivity (Wildman–Crippen MR) is 25.8 cm³/mol. The first-order valence-corrected chi connectivity index (χ1v) is 2.26. The van der Waals surface area contributed by atoms with E-state index in [0.717, 1.165) is 12.3 Å². The van der Waals surface area contributed by atoms with E-state index in [2.05, 4.69) is 4.74 Å². The molecule has 0 amide bonds. The molecule has 0 saturated carbocycles. The summed E-state index contributed by atoms with van der Waals surface area (Å²) >= 11 is 0. The van der Waals surface area contributed by atoms with E-state index in [1.165, 1.54) is 0 Å². The van der Waals surface area contributed by atoms with Crippen molar-refractivity contribution in [2.24, 2.45) is 0 Å². The summed E-state index contributed by atoms with van der Waals surface area (Å²) in [6.07, 6.45) is 1.93. The van der Waals surface area contributed by atoms with Gasteiger partial charge in [-0.05, 0) is 13.0 Å². The fraction of sp³-hybridized carbons (Fsp3) is 0.400. The van der Waals surface area contributed by atoms with Crippen LogP contribution in [0.4, 0.5) is 0 Å². The number of carboxylic acids is 1. The van der Waals surface area contributed by atoms with Crippen molar-refractivity contribution >= 4 is 5.97 Å². The Morgan fingerprint density at radius 2 is 2.50 bits per heavy atom. The molecule has 0 N–H and O–H groups in total. The van der Waals surface area contributed by atoms with Crippen LogP contribution in [-0.2, 0) is 9.53 Å². The molecule has 46 valence electrons. The summed E-state index contributed by atoms with van der Waals surface area (Å²) in [7, 11) is 0. The number of carbonyl (C=O) groups is 1. The quantitative estimate of drug-likeness (QED) is 0.360. The molecule has 0 saturated heterocycles. The molecule has 0 unspecified atom stereocenters. The molecular formula is C5H7O3-. The highest BCUT2D eigenvalue weighted by Gasteiger charge is 1.69. The zero-order valence-electron chi connectivity index (χ0n) is 4.59. The summed E-state index contributed by atoms with van der Waals surface area (Å²) in [6, 6.07) is 0. The highest BCUT2D eigenvalue weighted by atomic mass is 16.5. The van der Waals surface area contributed by atoms with Crippen molar-refractivity contribution in [2.45, 2.75) is 6.92 Å². The molecule has 3 heteroatoms. The van der Waals surface area contributed by atoms with E-state index in [9.17, 15) is 9.90 Å². The normalized spacial score (nSPS) is 9.62. The zero-order chi connectivity index (χ0) is 6.41. The van der Waals surface area contributed by atoms with Crippen molar-refractivity contribution in [1.29, 1.82) is 0 Å². The van der Waals surface area contributed by atoms with Gasteiger partial charge in [0.05, 0.1) is 18.8 Å². The highest BCUT2D eigenvalue weighted by molar-refractivity contribution is 5.77. The standard InChI is InChI=1S/C5H8O3/c1-2-8-4-3-5(6)7/h3-4H,2H2,1H3,(H,6,7)/p-1/b4-3-. The Hall–Kier alpha value is -0.990. The van der Waals surface area contributed by atoms with E-state index >= 15 is 0 Å². The molecule has 0 radical (unpaired) electrons. The Balaban J connectivity index is 3.20. The van der Waals surface area contributed by atoms with Crippen LogP contribution in [0.15, 0.2) is 12.3 Å². The van der Waals surface area contributed by atoms with Crippen molar-refractivity contribution in [3.8, 4) is 0 Å². The molecule has 0 bridgehead atoms. The molecular weight excluding hydrogens is 108 g/mol. The summed E-state index contributed by atoms with van der Waals surface area (Å²) in [6.45, 7) is 2.24. The van der Waals surface area contributed by atoms with Crippen LogP contribution < -0.4 is 5.11 Å². The summed E-state index contributed by atoms with van der Waals surface area (Å²) in [5.41, 5.74) is 0. The lowest BCUT2D eigenvalue weighted by atomic mass is 10.6. The molecule has 0 fully saturated rings. The fourth-order valence-corrected chi connectivity index (χ4v) is 0.200. The van der Waals surface area contributed by atoms with Gasteiger partial charge in [0.15, 0.2) is 0 Å². The number of ether oxygens (including phenoxy) is 1. The van der Waals surface area contributed by atoms with E-state index in [1.807, 2.05) is 0 Å². The third-order valence-electron chi connectivity index (χ3n) is 0.467. The average Bonchev–Trinajstić information content (AvgIpc) is 1.66. The maximum atomic E-state index is 9.60. The van der Waals surface area contributed by atoms with Crippen LogP contribution in [0.5, 0.6) is 0 Å². The minimum atomic E-state index is -1.24. The van der Waals surface area contributed by atoms with Crippen LogP contribution in [-0.4, -0.2) is 12.6 Å². The Morgan fingerprint density at radius 1 is 1.88 bits per heavy atom. The fourth-order valence-electron chi connectivity index (χ4n) is 0.200. The third-order valence-corrected chi connectivity index (χ3v) is 0.467. The van der Waals surface area contributed by atoms with Crippen LogP contribution in [0, 0.1) is 0 Å². The Bertz CT molecular complexity index is 95.8. The van der Waals surface area contributed by atoms with E-state index in [-0.39, 0.29) is 0 Å². The second kappa shape index (κ2) is 4.18. The molecule has 0 heterocycles. The summed E-state index contributed by atoms with van der Waals surface area (Å²) < 4.78 is 4.54. The summed E-state index contributed by atoms with van der Waals surface area (Å²) in [4.78, 5) is 9.60. The maximum Gasteiger partial charge on any atom is 0.0846 e. The summed E-state index contributed by atoms with van der Waals surface area (Å²) in [5, 5.41) is 9.60. The van der Waals surface area contributed by atoms with Gasteiger partial charge in [-0.15, -0.1) is 0 Å². The van der Waals surface area contributed by atoms with Crippen molar-refractivity contribution in [1.82, 2.24) is 0 Å². The van der Waals surface area contributed by atoms with Crippen molar-refractivity contribution < 1.29 is 14.6 Å². The van der Waals surface area contributed by atoms with Gasteiger partial charge in [0, 0.05) is 0 Å². The first-order valence-electron chi connectivity index (χ1n) is 2.26. The average molecular weight is 115 g/mol. The van der Waals surface area contributed by atoms with Gasteiger partial charge in [-0.3, -0.25) is 0 Å². The second-order valence-corrected chi connectivity index (χ2v) is 1.08. The second-order valence-electron chi connectivity index (χ2n) is 1.08. The van der Waals surface area contributed by atoms with E-state index in [1.54, 1.807) is 6.92 Å². The third kappa shape index (κ3) is 5.01. The summed E-state index contributed by atoms with van der Waals surface area (Å²) in [5.74, 6) is -1.24. The largest absolute Gasteiger partial charge is 0.545 e. The molecule has 0 rings (SSSR count). The van der Waals surface area contributed by atoms with Crippen molar-refractivity contribution in [3.05, 3.63) is 12.3 Å². The number of hydrogen-bond donors (Lipinski definition) is 0. The number of carboxylic acid groups (broad SMARTS) is 1. The molecule has 0 aromatic heterocycles. The Labute approximate surface area is 47.6 Å². The molecule has 0 aliphatic rings. The van der Waals surface area contributed by atoms with Crippen LogP contribution in [0.2, 0.25) is 0 Å². The minimum absolute atomic E-state index is 0.476. The van der Waals surface area contributed by atoms with Gasteiger partial charge >= 0.3 is 0 Å². The molecule has 8 heavy (non-hydrogen) atoms. The molecule has 0 spiro atoms. The number of hydrogen-bond acceptors (Lipinski definition) is 3. The van der Waals surface area contributed by atoms with E-state index in [0.29, 0.717) is 6.61 Å². The van der Waals surface area contributed by atoms with Gasteiger partial charge in [0.25, 0.3) is 0 Å². The van der Waals surface area contributed by atoms with Gasteiger partial charge in [0.2, 0.25) is 0 Å². The van der Waals surface area contributed by atoms with Crippen LogP contribution in [0.1, 0.15) is 6.92 Å². The van der Waals surface area contributed by atoms with Gasteiger partial charge in [0.1, 0.15) is 0 Å². The van der Waals surface area contributed by atoms with Crippen LogP contribution in [0.3, 0.4) is 0 Å². The van der Waals surface area contributed by atoms with Gasteiger partial charge in [-0.2, -0.15) is 0 Å². The van der Waals surface area contributed by atoms with E-state index < -0.39 is 5.97 Å². The highest BCUT2D eigenvalue weighted by Crippen LogP contribution is 1.73. The molecule has 3 nitrogen and oxygen atoms in total. The van der Waals surface area contributed by atoms with Gasteiger partial charge in [-0.1, -0.05) is 0 Å². The first-order chi connectivity index (χ1) is 3.77. The number of aliphatic carboxylic acids is 1. The van der Waals surface area contributed by atoms with Gasteiger partial charge in [-0.25, -0.2) is 0 Å². The minimum Gasteiger partial charge on any atom is -0.545 e. The molecule has 0 aliphatic carbocycles. The maximum absolute atomic E-state index is 9.60. The predicted octanol–water partition coefficient (Wildman–Crippen LogP) is -0.714. The van der Waals surface area contributed by atoms with Crippen LogP contribution >= 0.6 is 0 Å². The first kappa shape index (κ1) is 7.01.